The Morgan fingerprint density at radius 1 is 1.08 bits per heavy atom. The van der Waals surface area contributed by atoms with E-state index in [1.54, 1.807) is 10.4 Å². The van der Waals surface area contributed by atoms with Crippen molar-refractivity contribution in [2.24, 2.45) is 11.8 Å². The lowest BCUT2D eigenvalue weighted by atomic mass is 9.87. The van der Waals surface area contributed by atoms with Crippen LogP contribution in [-0.4, -0.2) is 88.7 Å². The van der Waals surface area contributed by atoms with Gasteiger partial charge in [0.15, 0.2) is 4.21 Å². The molecule has 2 aliphatic rings. The minimum absolute atomic E-state index is 0.0806. The SMILES string of the molecule is C=CCOC(=O)NCC(NS(=O)(=O)c1cnc(N2CCC(CCCC3CCN(S(=O)(=O)c4sc(Cl)cc4Br)CC3)CC2)c(Br)c1)C(=O)O. The number of hydrogen-bond donors (Lipinski definition) is 3. The number of anilines is 1. The highest BCUT2D eigenvalue weighted by atomic mass is 79.9. The first-order valence-electron chi connectivity index (χ1n) is 15.3. The van der Waals surface area contributed by atoms with Crippen molar-refractivity contribution in [3.63, 3.8) is 0 Å². The Balaban J connectivity index is 1.21. The molecular formula is C29H38Br2ClN5O8S3. The van der Waals surface area contributed by atoms with Gasteiger partial charge in [-0.25, -0.2) is 26.6 Å². The van der Waals surface area contributed by atoms with Crippen molar-refractivity contribution in [1.82, 2.24) is 19.3 Å². The third-order valence-electron chi connectivity index (χ3n) is 8.40. The Kier molecular flexibility index (Phi) is 14.2. The van der Waals surface area contributed by atoms with Crippen molar-refractivity contribution in [1.29, 1.82) is 0 Å². The Bertz CT molecular complexity index is 1680. The van der Waals surface area contributed by atoms with Crippen LogP contribution >= 0.6 is 54.8 Å². The van der Waals surface area contributed by atoms with E-state index in [9.17, 15) is 31.5 Å². The van der Waals surface area contributed by atoms with Crippen molar-refractivity contribution in [2.75, 3.05) is 44.2 Å². The molecule has 1 amide bonds. The number of halogens is 3. The zero-order valence-electron chi connectivity index (χ0n) is 25.9. The molecule has 2 saturated heterocycles. The maximum Gasteiger partial charge on any atom is 0.407 e. The van der Waals surface area contributed by atoms with Crippen LogP contribution in [0.4, 0.5) is 10.6 Å². The molecule has 0 radical (unpaired) electrons. The average Bonchev–Trinajstić information content (AvgIpc) is 3.40. The number of aromatic nitrogens is 1. The van der Waals surface area contributed by atoms with Gasteiger partial charge in [0.25, 0.3) is 10.0 Å². The summed E-state index contributed by atoms with van der Waals surface area (Å²) < 4.78 is 62.1. The van der Waals surface area contributed by atoms with E-state index in [0.29, 0.717) is 44.0 Å². The van der Waals surface area contributed by atoms with Crippen molar-refractivity contribution in [2.45, 2.75) is 60.1 Å². The van der Waals surface area contributed by atoms with Crippen LogP contribution in [0, 0.1) is 11.8 Å². The zero-order valence-corrected chi connectivity index (χ0v) is 32.3. The molecule has 3 N–H and O–H groups in total. The van der Waals surface area contributed by atoms with Crippen molar-refractivity contribution in [3.8, 4) is 0 Å². The van der Waals surface area contributed by atoms with Crippen molar-refractivity contribution < 1.29 is 36.3 Å². The number of carbonyl (C=O) groups excluding carboxylic acids is 1. The number of hydrogen-bond acceptors (Lipinski definition) is 10. The van der Waals surface area contributed by atoms with Gasteiger partial charge in [-0.05, 0) is 81.5 Å². The van der Waals surface area contributed by atoms with E-state index in [4.69, 9.17) is 16.3 Å². The summed E-state index contributed by atoms with van der Waals surface area (Å²) in [6.07, 6.45) is 8.47. The van der Waals surface area contributed by atoms with Gasteiger partial charge >= 0.3 is 12.1 Å². The number of amides is 1. The van der Waals surface area contributed by atoms with Gasteiger partial charge in [0, 0.05) is 38.9 Å². The number of nitrogens with zero attached hydrogens (tertiary/aromatic N) is 3. The largest absolute Gasteiger partial charge is 0.480 e. The minimum atomic E-state index is -4.28. The van der Waals surface area contributed by atoms with E-state index < -0.39 is 44.7 Å². The van der Waals surface area contributed by atoms with Crippen LogP contribution in [0.2, 0.25) is 4.34 Å². The first kappa shape index (κ1) is 39.0. The van der Waals surface area contributed by atoms with E-state index in [1.165, 1.54) is 18.3 Å². The third-order valence-corrected chi connectivity index (χ3v) is 15.2. The molecule has 0 saturated carbocycles. The number of nitrogens with one attached hydrogen (secondary N) is 2. The number of rotatable bonds is 15. The molecule has 1 atom stereocenters. The predicted molar refractivity (Wildman–Crippen MR) is 191 cm³/mol. The summed E-state index contributed by atoms with van der Waals surface area (Å²) in [4.78, 5) is 29.5. The highest BCUT2D eigenvalue weighted by Crippen LogP contribution is 2.38. The third kappa shape index (κ3) is 10.4. The number of alkyl carbamates (subject to hydrolysis) is 1. The second-order valence-corrected chi connectivity index (χ2v) is 18.9. The lowest BCUT2D eigenvalue weighted by molar-refractivity contribution is -0.138. The molecule has 266 valence electrons. The second kappa shape index (κ2) is 17.4. The molecule has 0 bridgehead atoms. The van der Waals surface area contributed by atoms with Gasteiger partial charge in [-0.15, -0.1) is 11.3 Å². The van der Waals surface area contributed by atoms with E-state index in [2.05, 4.69) is 58.4 Å². The molecule has 2 aromatic heterocycles. The fourth-order valence-corrected chi connectivity index (χ4v) is 12.3. The van der Waals surface area contributed by atoms with E-state index in [-0.39, 0.29) is 15.7 Å². The number of thiophene rings is 1. The number of piperidine rings is 2. The van der Waals surface area contributed by atoms with Gasteiger partial charge in [-0.3, -0.25) is 4.79 Å². The van der Waals surface area contributed by atoms with Gasteiger partial charge < -0.3 is 20.1 Å². The summed E-state index contributed by atoms with van der Waals surface area (Å²) in [5.74, 6) is 0.185. The molecule has 0 aliphatic carbocycles. The highest BCUT2D eigenvalue weighted by Gasteiger charge is 2.33. The maximum absolute atomic E-state index is 13.1. The molecule has 19 heteroatoms. The minimum Gasteiger partial charge on any atom is -0.480 e. The maximum atomic E-state index is 13.1. The molecule has 2 aromatic rings. The highest BCUT2D eigenvalue weighted by molar-refractivity contribution is 9.11. The lowest BCUT2D eigenvalue weighted by Crippen LogP contribution is -2.48. The van der Waals surface area contributed by atoms with E-state index in [1.807, 2.05) is 0 Å². The smallest absolute Gasteiger partial charge is 0.407 e. The monoisotopic (exact) mass is 873 g/mol. The van der Waals surface area contributed by atoms with Crippen LogP contribution < -0.4 is 14.9 Å². The molecular weight excluding hydrogens is 838 g/mol. The number of ether oxygens (including phenoxy) is 1. The number of aliphatic carboxylic acids is 1. The summed E-state index contributed by atoms with van der Waals surface area (Å²) in [7, 11) is -7.84. The molecule has 4 heterocycles. The first-order chi connectivity index (χ1) is 22.7. The normalized spacial score (nSPS) is 17.6. The van der Waals surface area contributed by atoms with Crippen molar-refractivity contribution >= 4 is 92.7 Å². The quantitative estimate of drug-likeness (QED) is 0.195. The standard InChI is InChI=1S/C29H38Br2ClN5O8S3/c1-2-14-45-29(40)34-18-24(27(38)39)35-47(41,42)21-15-22(30)26(33-17-21)36-10-6-19(7-11-36)4-3-5-20-8-12-37(13-9-20)48(43,44)28-23(31)16-25(32)46-28/h2,15-17,19-20,24,35H,1,3-14,18H2,(H,34,40)(H,38,39). The molecule has 2 fully saturated rings. The summed E-state index contributed by atoms with van der Waals surface area (Å²) in [5.41, 5.74) is 0. The van der Waals surface area contributed by atoms with Crippen LogP contribution in [0.15, 0.2) is 49.0 Å². The molecule has 13 nitrogen and oxygen atoms in total. The summed E-state index contributed by atoms with van der Waals surface area (Å²) in [5, 5.41) is 11.7. The molecule has 48 heavy (non-hydrogen) atoms. The van der Waals surface area contributed by atoms with Gasteiger partial charge in [0.05, 0.1) is 13.3 Å². The van der Waals surface area contributed by atoms with E-state index >= 15 is 0 Å². The Labute approximate surface area is 306 Å². The van der Waals surface area contributed by atoms with Crippen LogP contribution in [0.5, 0.6) is 0 Å². The average molecular weight is 876 g/mol. The van der Waals surface area contributed by atoms with Crippen LogP contribution in [0.3, 0.4) is 0 Å². The zero-order chi connectivity index (χ0) is 35.1. The Morgan fingerprint density at radius 3 is 2.25 bits per heavy atom. The summed E-state index contributed by atoms with van der Waals surface area (Å²) in [6.45, 7) is 5.33. The van der Waals surface area contributed by atoms with Crippen LogP contribution in [0.1, 0.15) is 44.9 Å². The molecule has 0 aromatic carbocycles. The lowest BCUT2D eigenvalue weighted by Gasteiger charge is -2.34. The predicted octanol–water partition coefficient (Wildman–Crippen LogP) is 5.45. The number of pyridine rings is 1. The van der Waals surface area contributed by atoms with Gasteiger partial charge in [-0.1, -0.05) is 43.5 Å². The fraction of sp³-hybridized carbons (Fsp3) is 0.552. The summed E-state index contributed by atoms with van der Waals surface area (Å²) >= 11 is 13.8. The van der Waals surface area contributed by atoms with Gasteiger partial charge in [0.2, 0.25) is 10.0 Å². The number of sulfonamides is 2. The molecule has 0 spiro atoms. The number of carboxylic acid groups (broad SMARTS) is 1. The van der Waals surface area contributed by atoms with Gasteiger partial charge in [0.1, 0.15) is 23.4 Å². The van der Waals surface area contributed by atoms with Gasteiger partial charge in [-0.2, -0.15) is 9.03 Å². The number of carbonyl (C=O) groups is 2. The Hall–Kier alpha value is -1.80. The summed E-state index contributed by atoms with van der Waals surface area (Å²) in [6, 6.07) is 1.36. The topological polar surface area (TPSA) is 175 Å². The van der Waals surface area contributed by atoms with E-state index in [0.717, 1.165) is 69.4 Å². The van der Waals surface area contributed by atoms with Crippen LogP contribution in [0.25, 0.3) is 0 Å². The number of carboxylic acids is 1. The second-order valence-electron chi connectivity index (χ2n) is 11.7. The molecule has 1 unspecified atom stereocenters. The molecule has 2 aliphatic heterocycles. The van der Waals surface area contributed by atoms with Crippen molar-refractivity contribution in [3.05, 3.63) is 44.3 Å². The van der Waals surface area contributed by atoms with Crippen LogP contribution in [-0.2, 0) is 29.6 Å². The first-order valence-corrected chi connectivity index (χ1v) is 21.0. The Morgan fingerprint density at radius 2 is 1.71 bits per heavy atom. The molecule has 4 rings (SSSR count). The fourth-order valence-electron chi connectivity index (χ4n) is 5.78.